The molecule has 4 heteroatoms. The molecule has 1 rings (SSSR count). The van der Waals surface area contributed by atoms with Crippen molar-refractivity contribution in [3.05, 3.63) is 29.8 Å². The first kappa shape index (κ1) is 12.8. The molecule has 1 aromatic carbocycles. The molecule has 0 aromatic heterocycles. The van der Waals surface area contributed by atoms with Gasteiger partial charge in [0.05, 0.1) is 5.54 Å². The summed E-state index contributed by atoms with van der Waals surface area (Å²) in [5, 5.41) is 12.1. The molecule has 0 radical (unpaired) electrons. The van der Waals surface area contributed by atoms with Crippen LogP contribution in [0.2, 0.25) is 0 Å². The number of hydrogen-bond acceptors (Lipinski definition) is 2. The van der Waals surface area contributed by atoms with Crippen LogP contribution in [-0.2, 0) is 0 Å². The Kier molecular flexibility index (Phi) is 4.19. The van der Waals surface area contributed by atoms with E-state index in [4.69, 9.17) is 11.6 Å². The predicted octanol–water partition coefficient (Wildman–Crippen LogP) is 2.53. The van der Waals surface area contributed by atoms with Gasteiger partial charge in [-0.2, -0.15) is 0 Å². The average molecular weight is 242 g/mol. The van der Waals surface area contributed by atoms with E-state index in [9.17, 15) is 9.90 Å². The summed E-state index contributed by atoms with van der Waals surface area (Å²) < 4.78 is 0. The first-order chi connectivity index (χ1) is 7.50. The van der Waals surface area contributed by atoms with Crippen LogP contribution < -0.4 is 5.32 Å². The van der Waals surface area contributed by atoms with Crippen LogP contribution in [0.5, 0.6) is 5.75 Å². The lowest BCUT2D eigenvalue weighted by Crippen LogP contribution is -2.47. The number of aromatic hydroxyl groups is 1. The topological polar surface area (TPSA) is 49.3 Å². The second-order valence-corrected chi connectivity index (χ2v) is 4.32. The molecule has 88 valence electrons. The van der Waals surface area contributed by atoms with Crippen LogP contribution in [0.15, 0.2) is 24.3 Å². The minimum atomic E-state index is -0.413. The summed E-state index contributed by atoms with van der Waals surface area (Å²) in [6.07, 6.45) is 0.751. The molecular weight excluding hydrogens is 226 g/mol. The molecule has 2 N–H and O–H groups in total. The Labute approximate surface area is 100 Å². The number of rotatable bonds is 4. The van der Waals surface area contributed by atoms with Crippen LogP contribution in [-0.4, -0.2) is 22.4 Å². The van der Waals surface area contributed by atoms with Gasteiger partial charge < -0.3 is 10.4 Å². The van der Waals surface area contributed by atoms with Crippen molar-refractivity contribution >= 4 is 17.5 Å². The Bertz CT molecular complexity index is 375. The summed E-state index contributed by atoms with van der Waals surface area (Å²) >= 11 is 5.81. The number of carbonyl (C=O) groups excluding carboxylic acids is 1. The van der Waals surface area contributed by atoms with Crippen molar-refractivity contribution in [2.24, 2.45) is 0 Å². The van der Waals surface area contributed by atoms with Gasteiger partial charge in [0.15, 0.2) is 0 Å². The number of phenolic OH excluding ortho intramolecular Hbond substituents is 1. The number of alkyl halides is 1. The maximum atomic E-state index is 11.8. The van der Waals surface area contributed by atoms with E-state index in [0.29, 0.717) is 11.4 Å². The van der Waals surface area contributed by atoms with Gasteiger partial charge in [0.25, 0.3) is 5.91 Å². The monoisotopic (exact) mass is 241 g/mol. The van der Waals surface area contributed by atoms with Crippen LogP contribution in [0.25, 0.3) is 0 Å². The zero-order valence-electron chi connectivity index (χ0n) is 9.46. The van der Waals surface area contributed by atoms with E-state index in [0.717, 1.165) is 6.42 Å². The molecule has 1 unspecified atom stereocenters. The van der Waals surface area contributed by atoms with E-state index >= 15 is 0 Å². The number of benzene rings is 1. The highest BCUT2D eigenvalue weighted by atomic mass is 35.5. The number of carbonyl (C=O) groups is 1. The molecule has 0 saturated carbocycles. The Hall–Kier alpha value is -1.22. The fourth-order valence-corrected chi connectivity index (χ4v) is 1.47. The Morgan fingerprint density at radius 1 is 1.56 bits per heavy atom. The molecule has 0 aliphatic carbocycles. The van der Waals surface area contributed by atoms with Crippen LogP contribution in [0, 0.1) is 0 Å². The standard InChI is InChI=1S/C12H16ClNO2/c1-3-12(2,8-13)14-11(16)9-5-4-6-10(15)7-9/h4-7,15H,3,8H2,1-2H3,(H,14,16). The van der Waals surface area contributed by atoms with E-state index in [2.05, 4.69) is 5.32 Å². The van der Waals surface area contributed by atoms with E-state index in [1.54, 1.807) is 12.1 Å². The van der Waals surface area contributed by atoms with E-state index in [-0.39, 0.29) is 11.7 Å². The summed E-state index contributed by atoms with van der Waals surface area (Å²) in [5.41, 5.74) is 0.0224. The van der Waals surface area contributed by atoms with Crippen molar-refractivity contribution in [1.29, 1.82) is 0 Å². The van der Waals surface area contributed by atoms with Gasteiger partial charge in [-0.15, -0.1) is 11.6 Å². The largest absolute Gasteiger partial charge is 0.508 e. The number of halogens is 1. The Morgan fingerprint density at radius 3 is 2.75 bits per heavy atom. The summed E-state index contributed by atoms with van der Waals surface area (Å²) in [7, 11) is 0. The molecule has 1 atom stereocenters. The molecule has 0 heterocycles. The lowest BCUT2D eigenvalue weighted by atomic mass is 10.0. The van der Waals surface area contributed by atoms with Crippen molar-refractivity contribution < 1.29 is 9.90 Å². The molecule has 16 heavy (non-hydrogen) atoms. The average Bonchev–Trinajstić information content (AvgIpc) is 2.29. The minimum absolute atomic E-state index is 0.0803. The van der Waals surface area contributed by atoms with Crippen molar-refractivity contribution in [2.75, 3.05) is 5.88 Å². The minimum Gasteiger partial charge on any atom is -0.508 e. The van der Waals surface area contributed by atoms with Crippen LogP contribution in [0.4, 0.5) is 0 Å². The molecule has 1 aromatic rings. The van der Waals surface area contributed by atoms with Gasteiger partial charge in [0, 0.05) is 11.4 Å². The maximum Gasteiger partial charge on any atom is 0.251 e. The first-order valence-electron chi connectivity index (χ1n) is 5.18. The van der Waals surface area contributed by atoms with Crippen LogP contribution >= 0.6 is 11.6 Å². The third-order valence-electron chi connectivity index (χ3n) is 2.60. The molecule has 0 saturated heterocycles. The highest BCUT2D eigenvalue weighted by Crippen LogP contribution is 2.15. The summed E-state index contributed by atoms with van der Waals surface area (Å²) in [5.74, 6) is 0.214. The third-order valence-corrected chi connectivity index (χ3v) is 3.19. The summed E-state index contributed by atoms with van der Waals surface area (Å²) in [4.78, 5) is 11.8. The van der Waals surface area contributed by atoms with Crippen molar-refractivity contribution in [1.82, 2.24) is 5.32 Å². The van der Waals surface area contributed by atoms with Gasteiger partial charge in [-0.3, -0.25) is 4.79 Å². The van der Waals surface area contributed by atoms with Crippen molar-refractivity contribution in [2.45, 2.75) is 25.8 Å². The number of phenols is 1. The summed E-state index contributed by atoms with van der Waals surface area (Å²) in [6, 6.07) is 6.24. The van der Waals surface area contributed by atoms with Gasteiger partial charge in [-0.05, 0) is 31.5 Å². The molecule has 0 fully saturated rings. The van der Waals surface area contributed by atoms with Crippen LogP contribution in [0.1, 0.15) is 30.6 Å². The first-order valence-corrected chi connectivity index (χ1v) is 5.72. The predicted molar refractivity (Wildman–Crippen MR) is 65.0 cm³/mol. The molecular formula is C12H16ClNO2. The molecule has 3 nitrogen and oxygen atoms in total. The molecule has 1 amide bonds. The number of hydrogen-bond donors (Lipinski definition) is 2. The van der Waals surface area contributed by atoms with Crippen molar-refractivity contribution in [3.8, 4) is 5.75 Å². The second kappa shape index (κ2) is 5.21. The Balaban J connectivity index is 2.80. The second-order valence-electron chi connectivity index (χ2n) is 4.05. The van der Waals surface area contributed by atoms with Crippen LogP contribution in [0.3, 0.4) is 0 Å². The van der Waals surface area contributed by atoms with E-state index in [1.165, 1.54) is 12.1 Å². The number of nitrogens with one attached hydrogen (secondary N) is 1. The van der Waals surface area contributed by atoms with Gasteiger partial charge >= 0.3 is 0 Å². The summed E-state index contributed by atoms with van der Waals surface area (Å²) in [6.45, 7) is 3.85. The van der Waals surface area contributed by atoms with Gasteiger partial charge in [0.1, 0.15) is 5.75 Å². The van der Waals surface area contributed by atoms with Crippen molar-refractivity contribution in [3.63, 3.8) is 0 Å². The molecule has 0 bridgehead atoms. The lowest BCUT2D eigenvalue weighted by Gasteiger charge is -2.27. The molecule has 0 aliphatic heterocycles. The van der Waals surface area contributed by atoms with E-state index in [1.807, 2.05) is 13.8 Å². The normalized spacial score (nSPS) is 14.2. The number of amides is 1. The van der Waals surface area contributed by atoms with Gasteiger partial charge in [-0.25, -0.2) is 0 Å². The lowest BCUT2D eigenvalue weighted by molar-refractivity contribution is 0.0912. The van der Waals surface area contributed by atoms with Gasteiger partial charge in [-0.1, -0.05) is 13.0 Å². The fourth-order valence-electron chi connectivity index (χ4n) is 1.21. The zero-order valence-corrected chi connectivity index (χ0v) is 10.2. The molecule has 0 aliphatic rings. The fraction of sp³-hybridized carbons (Fsp3) is 0.417. The molecule has 0 spiro atoms. The highest BCUT2D eigenvalue weighted by Gasteiger charge is 2.23. The highest BCUT2D eigenvalue weighted by molar-refractivity contribution is 6.18. The van der Waals surface area contributed by atoms with Gasteiger partial charge in [0.2, 0.25) is 0 Å². The quantitative estimate of drug-likeness (QED) is 0.796. The smallest absolute Gasteiger partial charge is 0.251 e. The zero-order chi connectivity index (χ0) is 12.2. The van der Waals surface area contributed by atoms with E-state index < -0.39 is 5.54 Å². The Morgan fingerprint density at radius 2 is 2.25 bits per heavy atom. The SMILES string of the molecule is CCC(C)(CCl)NC(=O)c1cccc(O)c1. The third kappa shape index (κ3) is 3.14. The maximum absolute atomic E-state index is 11.8.